The lowest BCUT2D eigenvalue weighted by molar-refractivity contribution is 0.0942. The summed E-state index contributed by atoms with van der Waals surface area (Å²) in [6, 6.07) is 11.6. The van der Waals surface area contributed by atoms with E-state index < -0.39 is 10.0 Å². The van der Waals surface area contributed by atoms with Crippen LogP contribution in [0.25, 0.3) is 0 Å². The molecule has 1 aliphatic heterocycles. The molecule has 0 bridgehead atoms. The van der Waals surface area contributed by atoms with Gasteiger partial charge in [0, 0.05) is 28.9 Å². The van der Waals surface area contributed by atoms with E-state index in [0.717, 1.165) is 5.56 Å². The number of anilines is 2. The zero-order chi connectivity index (χ0) is 21.3. The standard InChI is InChI=1S/C21H25N3O4S/c1-13(2)22-20(25)15-5-8-18(9-6-15)23-21(26)16-7-10-19-17(12-16)11-14(3)24(19)29(4,27)28/h5-10,12-14H,11H2,1-4H3,(H,22,25)(H,23,26). The number of hydrogen-bond donors (Lipinski definition) is 2. The summed E-state index contributed by atoms with van der Waals surface area (Å²) in [7, 11) is -3.37. The molecule has 0 saturated heterocycles. The minimum absolute atomic E-state index is 0.0445. The lowest BCUT2D eigenvalue weighted by atomic mass is 10.1. The second-order valence-electron chi connectivity index (χ2n) is 7.62. The summed E-state index contributed by atoms with van der Waals surface area (Å²) in [5.41, 5.74) is 2.99. The van der Waals surface area contributed by atoms with Crippen molar-refractivity contribution in [2.24, 2.45) is 0 Å². The zero-order valence-electron chi connectivity index (χ0n) is 16.9. The van der Waals surface area contributed by atoms with Crippen LogP contribution >= 0.6 is 0 Å². The number of amides is 2. The van der Waals surface area contributed by atoms with Gasteiger partial charge in [0.1, 0.15) is 0 Å². The summed E-state index contributed by atoms with van der Waals surface area (Å²) in [5, 5.41) is 5.62. The van der Waals surface area contributed by atoms with Gasteiger partial charge in [0.05, 0.1) is 11.9 Å². The normalized spacial score (nSPS) is 15.9. The van der Waals surface area contributed by atoms with Crippen molar-refractivity contribution in [3.8, 4) is 0 Å². The van der Waals surface area contributed by atoms with Gasteiger partial charge in [-0.2, -0.15) is 0 Å². The van der Waals surface area contributed by atoms with Crippen molar-refractivity contribution < 1.29 is 18.0 Å². The minimum Gasteiger partial charge on any atom is -0.350 e. The first-order valence-corrected chi connectivity index (χ1v) is 11.3. The van der Waals surface area contributed by atoms with Gasteiger partial charge >= 0.3 is 0 Å². The Morgan fingerprint density at radius 3 is 2.24 bits per heavy atom. The maximum atomic E-state index is 12.6. The molecule has 2 aromatic carbocycles. The molecule has 2 aromatic rings. The first-order chi connectivity index (χ1) is 13.6. The van der Waals surface area contributed by atoms with Gasteiger partial charge in [0.2, 0.25) is 10.0 Å². The Balaban J connectivity index is 1.74. The van der Waals surface area contributed by atoms with E-state index >= 15 is 0 Å². The first kappa shape index (κ1) is 20.9. The highest BCUT2D eigenvalue weighted by Crippen LogP contribution is 2.34. The third-order valence-corrected chi connectivity index (χ3v) is 5.95. The van der Waals surface area contributed by atoms with Crippen LogP contribution < -0.4 is 14.9 Å². The number of carbonyl (C=O) groups excluding carboxylic acids is 2. The molecule has 1 unspecified atom stereocenters. The fourth-order valence-electron chi connectivity index (χ4n) is 3.50. The van der Waals surface area contributed by atoms with E-state index in [4.69, 9.17) is 0 Å². The summed E-state index contributed by atoms with van der Waals surface area (Å²) in [6.07, 6.45) is 1.74. The van der Waals surface area contributed by atoms with Crippen molar-refractivity contribution in [2.75, 3.05) is 15.9 Å². The van der Waals surface area contributed by atoms with Crippen molar-refractivity contribution in [2.45, 2.75) is 39.3 Å². The Hall–Kier alpha value is -2.87. The number of rotatable bonds is 5. The lowest BCUT2D eigenvalue weighted by Gasteiger charge is -2.21. The summed E-state index contributed by atoms with van der Waals surface area (Å²) >= 11 is 0. The van der Waals surface area contributed by atoms with E-state index in [1.54, 1.807) is 42.5 Å². The lowest BCUT2D eigenvalue weighted by Crippen LogP contribution is -2.34. The molecule has 8 heteroatoms. The van der Waals surface area contributed by atoms with Gasteiger partial charge < -0.3 is 10.6 Å². The highest BCUT2D eigenvalue weighted by atomic mass is 32.2. The van der Waals surface area contributed by atoms with E-state index in [1.165, 1.54) is 10.6 Å². The predicted molar refractivity (Wildman–Crippen MR) is 114 cm³/mol. The molecule has 1 heterocycles. The molecule has 29 heavy (non-hydrogen) atoms. The first-order valence-electron chi connectivity index (χ1n) is 9.41. The highest BCUT2D eigenvalue weighted by molar-refractivity contribution is 7.92. The van der Waals surface area contributed by atoms with Crippen LogP contribution in [-0.4, -0.2) is 38.6 Å². The summed E-state index contributed by atoms with van der Waals surface area (Å²) in [4.78, 5) is 24.6. The van der Waals surface area contributed by atoms with Gasteiger partial charge in [-0.05, 0) is 75.2 Å². The van der Waals surface area contributed by atoms with Crippen molar-refractivity contribution in [3.05, 3.63) is 59.2 Å². The van der Waals surface area contributed by atoms with Gasteiger partial charge in [-0.1, -0.05) is 0 Å². The summed E-state index contributed by atoms with van der Waals surface area (Å²) < 4.78 is 25.4. The SMILES string of the molecule is CC(C)NC(=O)c1ccc(NC(=O)c2ccc3c(c2)CC(C)N3S(C)(=O)=O)cc1. The molecule has 1 atom stereocenters. The minimum atomic E-state index is -3.37. The van der Waals surface area contributed by atoms with Crippen LogP contribution in [0.4, 0.5) is 11.4 Å². The molecule has 1 aliphatic rings. The number of hydrogen-bond acceptors (Lipinski definition) is 4. The Bertz CT molecular complexity index is 1050. The number of nitrogens with zero attached hydrogens (tertiary/aromatic N) is 1. The molecule has 2 N–H and O–H groups in total. The molecule has 0 spiro atoms. The van der Waals surface area contributed by atoms with Crippen LogP contribution in [0, 0.1) is 0 Å². The van der Waals surface area contributed by atoms with E-state index in [0.29, 0.717) is 28.9 Å². The number of sulfonamides is 1. The van der Waals surface area contributed by atoms with Crippen LogP contribution in [-0.2, 0) is 16.4 Å². The van der Waals surface area contributed by atoms with Crippen LogP contribution in [0.3, 0.4) is 0 Å². The maximum absolute atomic E-state index is 12.6. The molecule has 0 saturated carbocycles. The molecule has 0 aromatic heterocycles. The topological polar surface area (TPSA) is 95.6 Å². The van der Waals surface area contributed by atoms with Crippen molar-refractivity contribution in [1.82, 2.24) is 5.32 Å². The predicted octanol–water partition coefficient (Wildman–Crippen LogP) is 2.79. The molecule has 7 nitrogen and oxygen atoms in total. The highest BCUT2D eigenvalue weighted by Gasteiger charge is 2.32. The quantitative estimate of drug-likeness (QED) is 0.785. The number of carbonyl (C=O) groups is 2. The molecule has 2 amide bonds. The van der Waals surface area contributed by atoms with Crippen LogP contribution in [0.15, 0.2) is 42.5 Å². The molecular weight excluding hydrogens is 390 g/mol. The van der Waals surface area contributed by atoms with Crippen LogP contribution in [0.5, 0.6) is 0 Å². The Morgan fingerprint density at radius 2 is 1.66 bits per heavy atom. The summed E-state index contributed by atoms with van der Waals surface area (Å²) in [5.74, 6) is -0.460. The summed E-state index contributed by atoms with van der Waals surface area (Å²) in [6.45, 7) is 5.62. The van der Waals surface area contributed by atoms with Gasteiger partial charge in [0.15, 0.2) is 0 Å². The average Bonchev–Trinajstić information content (AvgIpc) is 2.96. The van der Waals surface area contributed by atoms with Gasteiger partial charge in [-0.3, -0.25) is 13.9 Å². The Labute approximate surface area is 171 Å². The molecule has 0 radical (unpaired) electrons. The number of nitrogens with one attached hydrogen (secondary N) is 2. The number of fused-ring (bicyclic) bond motifs is 1. The van der Waals surface area contributed by atoms with E-state index in [1.807, 2.05) is 20.8 Å². The van der Waals surface area contributed by atoms with E-state index in [-0.39, 0.29) is 23.9 Å². The van der Waals surface area contributed by atoms with Crippen molar-refractivity contribution >= 4 is 33.2 Å². The maximum Gasteiger partial charge on any atom is 0.255 e. The second-order valence-corrected chi connectivity index (χ2v) is 9.47. The molecular formula is C21H25N3O4S. The average molecular weight is 416 g/mol. The van der Waals surface area contributed by atoms with Crippen molar-refractivity contribution in [3.63, 3.8) is 0 Å². The number of benzene rings is 2. The largest absolute Gasteiger partial charge is 0.350 e. The molecule has 154 valence electrons. The van der Waals surface area contributed by atoms with E-state index in [9.17, 15) is 18.0 Å². The smallest absolute Gasteiger partial charge is 0.255 e. The molecule has 0 aliphatic carbocycles. The van der Waals surface area contributed by atoms with Crippen LogP contribution in [0.1, 0.15) is 47.1 Å². The van der Waals surface area contributed by atoms with Gasteiger partial charge in [0.25, 0.3) is 11.8 Å². The van der Waals surface area contributed by atoms with Gasteiger partial charge in [-0.15, -0.1) is 0 Å². The monoisotopic (exact) mass is 415 g/mol. The van der Waals surface area contributed by atoms with Crippen LogP contribution in [0.2, 0.25) is 0 Å². The molecule has 3 rings (SSSR count). The fraction of sp³-hybridized carbons (Fsp3) is 0.333. The Morgan fingerprint density at radius 1 is 1.03 bits per heavy atom. The molecule has 0 fully saturated rings. The fourth-order valence-corrected chi connectivity index (χ4v) is 4.77. The zero-order valence-corrected chi connectivity index (χ0v) is 17.7. The van der Waals surface area contributed by atoms with E-state index in [2.05, 4.69) is 10.6 Å². The third-order valence-electron chi connectivity index (χ3n) is 4.68. The van der Waals surface area contributed by atoms with Crippen molar-refractivity contribution in [1.29, 1.82) is 0 Å². The Kier molecular flexibility index (Phi) is 5.66. The van der Waals surface area contributed by atoms with Gasteiger partial charge in [-0.25, -0.2) is 8.42 Å². The second kappa shape index (κ2) is 7.87. The third kappa shape index (κ3) is 4.59.